The Morgan fingerprint density at radius 3 is 2.16 bits per heavy atom. The van der Waals surface area contributed by atoms with E-state index in [0.717, 1.165) is 11.1 Å². The Morgan fingerprint density at radius 2 is 1.55 bits per heavy atom. The number of fused-ring (bicyclic) bond motifs is 3. The van der Waals surface area contributed by atoms with E-state index in [1.54, 1.807) is 36.4 Å². The van der Waals surface area contributed by atoms with Gasteiger partial charge >= 0.3 is 0 Å². The molecule has 3 fully saturated rings. The van der Waals surface area contributed by atoms with Crippen LogP contribution in [0.1, 0.15) is 37.4 Å². The van der Waals surface area contributed by atoms with Gasteiger partial charge in [-0.05, 0) is 50.6 Å². The number of benzene rings is 2. The minimum atomic E-state index is -0.824. The molecule has 7 heteroatoms. The first kappa shape index (κ1) is 19.8. The lowest BCUT2D eigenvalue weighted by molar-refractivity contribution is -0.146. The van der Waals surface area contributed by atoms with Crippen molar-refractivity contribution < 1.29 is 19.1 Å². The fourth-order valence-corrected chi connectivity index (χ4v) is 5.24. The first-order valence-corrected chi connectivity index (χ1v) is 10.4. The Bertz CT molecular complexity index is 1080. The zero-order chi connectivity index (χ0) is 22.1. The molecule has 160 valence electrons. The van der Waals surface area contributed by atoms with Gasteiger partial charge < -0.3 is 4.74 Å². The van der Waals surface area contributed by atoms with Crippen LogP contribution in [0.15, 0.2) is 48.5 Å². The van der Waals surface area contributed by atoms with Crippen LogP contribution < -0.4 is 9.64 Å². The van der Waals surface area contributed by atoms with Crippen molar-refractivity contribution in [2.75, 3.05) is 12.0 Å². The predicted octanol–water partition coefficient (Wildman–Crippen LogP) is 2.84. The smallest absolute Gasteiger partial charge is 0.259 e. The van der Waals surface area contributed by atoms with Crippen LogP contribution in [-0.2, 0) is 14.4 Å². The van der Waals surface area contributed by atoms with Crippen LogP contribution in [-0.4, -0.2) is 46.4 Å². The number of methoxy groups -OCH3 is 1. The molecule has 3 heterocycles. The molecule has 5 rings (SSSR count). The van der Waals surface area contributed by atoms with Crippen molar-refractivity contribution in [3.8, 4) is 5.75 Å². The molecule has 3 saturated heterocycles. The number of imide groups is 1. The Kier molecular flexibility index (Phi) is 4.24. The van der Waals surface area contributed by atoms with E-state index in [-0.39, 0.29) is 23.8 Å². The van der Waals surface area contributed by atoms with E-state index in [1.807, 2.05) is 50.0 Å². The van der Waals surface area contributed by atoms with E-state index in [4.69, 9.17) is 4.74 Å². The predicted molar refractivity (Wildman–Crippen MR) is 114 cm³/mol. The van der Waals surface area contributed by atoms with Gasteiger partial charge in [0, 0.05) is 12.0 Å². The van der Waals surface area contributed by atoms with E-state index < -0.39 is 17.5 Å². The van der Waals surface area contributed by atoms with Gasteiger partial charge in [0.25, 0.3) is 5.91 Å². The van der Waals surface area contributed by atoms with Crippen LogP contribution in [0.3, 0.4) is 0 Å². The normalized spacial score (nSPS) is 27.1. The summed E-state index contributed by atoms with van der Waals surface area (Å²) in [7, 11) is 1.56. The lowest BCUT2D eigenvalue weighted by Gasteiger charge is -2.38. The van der Waals surface area contributed by atoms with E-state index >= 15 is 0 Å². The molecule has 0 radical (unpaired) electrons. The maximum absolute atomic E-state index is 13.7. The molecule has 0 aromatic heterocycles. The van der Waals surface area contributed by atoms with Gasteiger partial charge in [-0.1, -0.05) is 29.8 Å². The molecule has 7 nitrogen and oxygen atoms in total. The third-order valence-corrected chi connectivity index (χ3v) is 6.63. The molecule has 0 unspecified atom stereocenters. The number of carbonyl (C=O) groups is 3. The highest BCUT2D eigenvalue weighted by molar-refractivity contribution is 6.24. The van der Waals surface area contributed by atoms with Crippen molar-refractivity contribution >= 4 is 23.4 Å². The lowest BCUT2D eigenvalue weighted by Crippen LogP contribution is -2.49. The fourth-order valence-electron chi connectivity index (χ4n) is 5.24. The second-order valence-corrected chi connectivity index (χ2v) is 9.11. The highest BCUT2D eigenvalue weighted by Gasteiger charge is 2.68. The summed E-state index contributed by atoms with van der Waals surface area (Å²) in [6.45, 7) is 5.99. The van der Waals surface area contributed by atoms with Crippen LogP contribution in [0, 0.1) is 12.8 Å². The monoisotopic (exact) mass is 419 g/mol. The summed E-state index contributed by atoms with van der Waals surface area (Å²) >= 11 is 0. The first-order valence-electron chi connectivity index (χ1n) is 10.4. The molecule has 3 aliphatic heterocycles. The molecule has 31 heavy (non-hydrogen) atoms. The standard InChI is InChI=1S/C24H25N3O4/c1-14-5-7-15(8-6-14)20-19-21(26-18(28)13-24(2,3)27(20)26)23(30)25(22(19)29)16-9-11-17(31-4)12-10-16/h5-12,19-21H,13H2,1-4H3/t19-,20+,21+/m0/s1. The van der Waals surface area contributed by atoms with Gasteiger partial charge in [0.05, 0.1) is 24.8 Å². The highest BCUT2D eigenvalue weighted by Crippen LogP contribution is 2.53. The molecule has 0 saturated carbocycles. The molecular weight excluding hydrogens is 394 g/mol. The SMILES string of the molecule is COc1ccc(N2C(=O)[C@H]3[C@@H](c4ccc(C)cc4)N4N(C(=O)CC4(C)C)[C@H]3C2=O)cc1. The third kappa shape index (κ3) is 2.73. The number of hydrogen-bond donors (Lipinski definition) is 0. The number of amides is 3. The summed E-state index contributed by atoms with van der Waals surface area (Å²) < 4.78 is 5.19. The summed E-state index contributed by atoms with van der Waals surface area (Å²) in [5.74, 6) is -0.758. The average Bonchev–Trinajstić information content (AvgIpc) is 3.30. The molecule has 3 aliphatic rings. The third-order valence-electron chi connectivity index (χ3n) is 6.63. The van der Waals surface area contributed by atoms with Crippen molar-refractivity contribution in [2.24, 2.45) is 5.92 Å². The summed E-state index contributed by atoms with van der Waals surface area (Å²) in [6.07, 6.45) is 0.308. The Hall–Kier alpha value is -3.19. The second-order valence-electron chi connectivity index (χ2n) is 9.11. The Morgan fingerprint density at radius 1 is 0.903 bits per heavy atom. The minimum Gasteiger partial charge on any atom is -0.497 e. The van der Waals surface area contributed by atoms with Crippen LogP contribution in [0.4, 0.5) is 5.69 Å². The molecule has 0 bridgehead atoms. The molecule has 0 spiro atoms. The van der Waals surface area contributed by atoms with Crippen molar-refractivity contribution in [3.05, 3.63) is 59.7 Å². The Balaban J connectivity index is 1.62. The van der Waals surface area contributed by atoms with E-state index in [9.17, 15) is 14.4 Å². The number of nitrogens with zero attached hydrogens (tertiary/aromatic N) is 3. The van der Waals surface area contributed by atoms with Crippen molar-refractivity contribution in [3.63, 3.8) is 0 Å². The summed E-state index contributed by atoms with van der Waals surface area (Å²) in [6, 6.07) is 13.6. The number of rotatable bonds is 3. The number of anilines is 1. The van der Waals surface area contributed by atoms with Crippen LogP contribution in [0.5, 0.6) is 5.75 Å². The lowest BCUT2D eigenvalue weighted by atomic mass is 9.86. The minimum absolute atomic E-state index is 0.118. The number of ether oxygens (including phenoxy) is 1. The number of carbonyl (C=O) groups excluding carboxylic acids is 3. The largest absolute Gasteiger partial charge is 0.497 e. The highest BCUT2D eigenvalue weighted by atomic mass is 16.5. The molecule has 0 N–H and O–H groups in total. The van der Waals surface area contributed by atoms with Gasteiger partial charge in [-0.25, -0.2) is 9.91 Å². The number of hydrogen-bond acceptors (Lipinski definition) is 5. The molecule has 3 atom stereocenters. The van der Waals surface area contributed by atoms with Gasteiger partial charge in [0.15, 0.2) is 0 Å². The topological polar surface area (TPSA) is 70.2 Å². The Labute approximate surface area is 181 Å². The van der Waals surface area contributed by atoms with E-state index in [1.165, 1.54) is 4.90 Å². The van der Waals surface area contributed by atoms with Crippen molar-refractivity contribution in [2.45, 2.75) is 44.8 Å². The van der Waals surface area contributed by atoms with Crippen LogP contribution >= 0.6 is 0 Å². The zero-order valence-corrected chi connectivity index (χ0v) is 18.0. The molecule has 3 amide bonds. The maximum Gasteiger partial charge on any atom is 0.259 e. The summed E-state index contributed by atoms with van der Waals surface area (Å²) in [5, 5.41) is 3.52. The van der Waals surface area contributed by atoms with Gasteiger partial charge in [-0.3, -0.25) is 19.4 Å². The average molecular weight is 419 g/mol. The molecule has 0 aliphatic carbocycles. The maximum atomic E-state index is 13.7. The van der Waals surface area contributed by atoms with Crippen LogP contribution in [0.25, 0.3) is 0 Å². The summed E-state index contributed by atoms with van der Waals surface area (Å²) in [4.78, 5) is 41.4. The van der Waals surface area contributed by atoms with Crippen molar-refractivity contribution in [1.82, 2.24) is 10.0 Å². The van der Waals surface area contributed by atoms with E-state index in [0.29, 0.717) is 17.9 Å². The first-order chi connectivity index (χ1) is 14.7. The van der Waals surface area contributed by atoms with Gasteiger partial charge in [-0.2, -0.15) is 0 Å². The molecular formula is C24H25N3O4. The quantitative estimate of drug-likeness (QED) is 0.716. The number of hydrazine groups is 1. The zero-order valence-electron chi connectivity index (χ0n) is 18.0. The molecule has 2 aromatic rings. The second kappa shape index (κ2) is 6.65. The number of aryl methyl sites for hydroxylation is 1. The fraction of sp³-hybridized carbons (Fsp3) is 0.375. The van der Waals surface area contributed by atoms with Gasteiger partial charge in [0.2, 0.25) is 11.8 Å². The van der Waals surface area contributed by atoms with Gasteiger partial charge in [0.1, 0.15) is 11.8 Å². The van der Waals surface area contributed by atoms with Crippen LogP contribution in [0.2, 0.25) is 0 Å². The molecule has 2 aromatic carbocycles. The van der Waals surface area contributed by atoms with Gasteiger partial charge in [-0.15, -0.1) is 0 Å². The summed E-state index contributed by atoms with van der Waals surface area (Å²) in [5.41, 5.74) is 2.05. The van der Waals surface area contributed by atoms with Crippen molar-refractivity contribution in [1.29, 1.82) is 0 Å². The van der Waals surface area contributed by atoms with E-state index in [2.05, 4.69) is 0 Å².